The van der Waals surface area contributed by atoms with Crippen LogP contribution in [0.25, 0.3) is 0 Å². The molecule has 1 unspecified atom stereocenters. The predicted molar refractivity (Wildman–Crippen MR) is 51.9 cm³/mol. The molecule has 1 saturated carbocycles. The van der Waals surface area contributed by atoms with Gasteiger partial charge in [-0.1, -0.05) is 6.42 Å². The van der Waals surface area contributed by atoms with E-state index in [1.807, 2.05) is 0 Å². The van der Waals surface area contributed by atoms with Crippen LogP contribution in [-0.4, -0.2) is 18.0 Å². The van der Waals surface area contributed by atoms with Crippen LogP contribution in [0.4, 0.5) is 0 Å². The molecule has 1 heterocycles. The molecule has 1 heteroatoms. The van der Waals surface area contributed by atoms with Gasteiger partial charge in [0.2, 0.25) is 0 Å². The lowest BCUT2D eigenvalue weighted by Crippen LogP contribution is -2.33. The van der Waals surface area contributed by atoms with Gasteiger partial charge in [0.05, 0.1) is 0 Å². The van der Waals surface area contributed by atoms with Crippen LogP contribution in [0.1, 0.15) is 32.6 Å². The van der Waals surface area contributed by atoms with Crippen molar-refractivity contribution < 1.29 is 0 Å². The van der Waals surface area contributed by atoms with Gasteiger partial charge in [0, 0.05) is 13.1 Å². The Morgan fingerprint density at radius 2 is 2.25 bits per heavy atom. The molecule has 0 saturated heterocycles. The summed E-state index contributed by atoms with van der Waals surface area (Å²) in [7, 11) is 2.19. The number of rotatable bonds is 0. The second kappa shape index (κ2) is 2.96. The zero-order valence-corrected chi connectivity index (χ0v) is 8.01. The van der Waals surface area contributed by atoms with Crippen LogP contribution in [0.5, 0.6) is 0 Å². The fourth-order valence-corrected chi connectivity index (χ4v) is 2.34. The first kappa shape index (κ1) is 7.90. The maximum absolute atomic E-state index is 2.36. The van der Waals surface area contributed by atoms with E-state index in [9.17, 15) is 0 Å². The average Bonchev–Trinajstić information content (AvgIpc) is 2.12. The van der Waals surface area contributed by atoms with Crippen molar-refractivity contribution in [1.82, 2.24) is 4.90 Å². The van der Waals surface area contributed by atoms with Crippen LogP contribution >= 0.6 is 0 Å². The second-order valence-corrected chi connectivity index (χ2v) is 3.95. The Hall–Kier alpha value is -0.720. The lowest BCUT2D eigenvalue weighted by molar-refractivity contribution is 0.306. The molecule has 1 fully saturated rings. The van der Waals surface area contributed by atoms with Crippen molar-refractivity contribution in [2.75, 3.05) is 7.05 Å². The first-order chi connectivity index (χ1) is 5.79. The monoisotopic (exact) mass is 163 g/mol. The van der Waals surface area contributed by atoms with E-state index in [2.05, 4.69) is 31.1 Å². The molecule has 0 aromatic heterocycles. The topological polar surface area (TPSA) is 3.24 Å². The Bertz CT molecular complexity index is 237. The van der Waals surface area contributed by atoms with E-state index in [0.717, 1.165) is 6.04 Å². The van der Waals surface area contributed by atoms with Crippen molar-refractivity contribution in [3.63, 3.8) is 0 Å². The van der Waals surface area contributed by atoms with Gasteiger partial charge in [-0.2, -0.15) is 0 Å². The van der Waals surface area contributed by atoms with Gasteiger partial charge in [0.1, 0.15) is 0 Å². The molecule has 0 aromatic rings. The maximum atomic E-state index is 2.36. The van der Waals surface area contributed by atoms with E-state index in [4.69, 9.17) is 0 Å². The second-order valence-electron chi connectivity index (χ2n) is 3.95. The van der Waals surface area contributed by atoms with Crippen LogP contribution in [0.3, 0.4) is 0 Å². The number of fused-ring (bicyclic) bond motifs is 1. The largest absolute Gasteiger partial charge is 0.374 e. The smallest absolute Gasteiger partial charge is 0.0499 e. The van der Waals surface area contributed by atoms with E-state index >= 15 is 0 Å². The third-order valence-electron chi connectivity index (χ3n) is 3.13. The molecule has 0 amide bonds. The number of allylic oxidation sites excluding steroid dienone is 2. The Kier molecular flexibility index (Phi) is 1.95. The van der Waals surface area contributed by atoms with E-state index in [-0.39, 0.29) is 0 Å². The van der Waals surface area contributed by atoms with Gasteiger partial charge in [0.15, 0.2) is 0 Å². The number of hydrogen-bond donors (Lipinski definition) is 0. The van der Waals surface area contributed by atoms with Gasteiger partial charge >= 0.3 is 0 Å². The van der Waals surface area contributed by atoms with Crippen LogP contribution in [-0.2, 0) is 0 Å². The first-order valence-electron chi connectivity index (χ1n) is 4.89. The maximum Gasteiger partial charge on any atom is 0.0499 e. The summed E-state index contributed by atoms with van der Waals surface area (Å²) in [4.78, 5) is 2.36. The summed E-state index contributed by atoms with van der Waals surface area (Å²) in [5, 5.41) is 0. The molecule has 0 spiro atoms. The summed E-state index contributed by atoms with van der Waals surface area (Å²) >= 11 is 0. The summed E-state index contributed by atoms with van der Waals surface area (Å²) in [6, 6.07) is 0.726. The third-order valence-corrected chi connectivity index (χ3v) is 3.13. The zero-order valence-electron chi connectivity index (χ0n) is 8.01. The third kappa shape index (κ3) is 1.17. The minimum atomic E-state index is 0.726. The first-order valence-corrected chi connectivity index (χ1v) is 4.89. The Morgan fingerprint density at radius 3 is 3.00 bits per heavy atom. The molecule has 0 radical (unpaired) electrons. The Morgan fingerprint density at radius 1 is 1.42 bits per heavy atom. The SMILES string of the molecule is CC1=C2CCCCC2N(C)C=C1. The standard InChI is InChI=1S/C11H17N/c1-9-7-8-12(2)11-6-4-3-5-10(9)11/h7-8,11H,3-6H2,1-2H3. The minimum Gasteiger partial charge on any atom is -0.374 e. The van der Waals surface area contributed by atoms with Crippen LogP contribution in [0, 0.1) is 0 Å². The van der Waals surface area contributed by atoms with Crippen molar-refractivity contribution >= 4 is 0 Å². The van der Waals surface area contributed by atoms with E-state index in [1.54, 1.807) is 5.57 Å². The summed E-state index contributed by atoms with van der Waals surface area (Å²) < 4.78 is 0. The molecule has 1 atom stereocenters. The molecule has 1 nitrogen and oxygen atoms in total. The van der Waals surface area contributed by atoms with Gasteiger partial charge in [-0.05, 0) is 49.6 Å². The lowest BCUT2D eigenvalue weighted by atomic mass is 9.85. The summed E-state index contributed by atoms with van der Waals surface area (Å²) in [5.41, 5.74) is 3.20. The van der Waals surface area contributed by atoms with E-state index < -0.39 is 0 Å². The highest BCUT2D eigenvalue weighted by atomic mass is 15.1. The fraction of sp³-hybridized carbons (Fsp3) is 0.636. The normalized spacial score (nSPS) is 29.2. The van der Waals surface area contributed by atoms with Gasteiger partial charge in [0.25, 0.3) is 0 Å². The minimum absolute atomic E-state index is 0.726. The lowest BCUT2D eigenvalue weighted by Gasteiger charge is -2.36. The number of hydrogen-bond acceptors (Lipinski definition) is 1. The zero-order chi connectivity index (χ0) is 8.55. The van der Waals surface area contributed by atoms with Crippen molar-refractivity contribution in [2.45, 2.75) is 38.6 Å². The highest BCUT2D eigenvalue weighted by Gasteiger charge is 2.24. The van der Waals surface area contributed by atoms with Gasteiger partial charge in [-0.15, -0.1) is 0 Å². The molecule has 1 aliphatic carbocycles. The van der Waals surface area contributed by atoms with Gasteiger partial charge < -0.3 is 4.90 Å². The summed E-state index contributed by atoms with van der Waals surface area (Å²) in [6.45, 7) is 2.25. The van der Waals surface area contributed by atoms with Crippen molar-refractivity contribution in [3.05, 3.63) is 23.4 Å². The summed E-state index contributed by atoms with van der Waals surface area (Å²) in [6.07, 6.45) is 9.94. The number of nitrogens with zero attached hydrogens (tertiary/aromatic N) is 1. The van der Waals surface area contributed by atoms with Crippen LogP contribution in [0.15, 0.2) is 23.4 Å². The molecular formula is C11H17N. The molecule has 1 aliphatic heterocycles. The fourth-order valence-electron chi connectivity index (χ4n) is 2.34. The average molecular weight is 163 g/mol. The molecule has 0 aromatic carbocycles. The molecule has 0 bridgehead atoms. The van der Waals surface area contributed by atoms with Crippen molar-refractivity contribution in [2.24, 2.45) is 0 Å². The Balaban J connectivity index is 2.28. The highest BCUT2D eigenvalue weighted by molar-refractivity contribution is 5.32. The molecule has 12 heavy (non-hydrogen) atoms. The predicted octanol–water partition coefficient (Wildman–Crippen LogP) is 2.70. The van der Waals surface area contributed by atoms with Gasteiger partial charge in [-0.3, -0.25) is 0 Å². The van der Waals surface area contributed by atoms with Crippen LogP contribution < -0.4 is 0 Å². The number of likely N-dealkylation sites (N-methyl/N-ethyl adjacent to an activating group) is 1. The van der Waals surface area contributed by atoms with Crippen LogP contribution in [0.2, 0.25) is 0 Å². The Labute approximate surface area is 74.8 Å². The quantitative estimate of drug-likeness (QED) is 0.530. The van der Waals surface area contributed by atoms with E-state index in [0.29, 0.717) is 0 Å². The summed E-state index contributed by atoms with van der Waals surface area (Å²) in [5.74, 6) is 0. The molecular weight excluding hydrogens is 146 g/mol. The molecule has 66 valence electrons. The molecule has 2 rings (SSSR count). The highest BCUT2D eigenvalue weighted by Crippen LogP contribution is 2.32. The molecule has 2 aliphatic rings. The van der Waals surface area contributed by atoms with Gasteiger partial charge in [-0.25, -0.2) is 0 Å². The molecule has 0 N–H and O–H groups in total. The van der Waals surface area contributed by atoms with Crippen molar-refractivity contribution in [3.8, 4) is 0 Å². The van der Waals surface area contributed by atoms with E-state index in [1.165, 1.54) is 31.3 Å². The van der Waals surface area contributed by atoms with Crippen molar-refractivity contribution in [1.29, 1.82) is 0 Å².